The molecule has 0 rings (SSSR count). The Labute approximate surface area is 77.4 Å². The van der Waals surface area contributed by atoms with Crippen molar-refractivity contribution < 1.29 is 14.7 Å². The van der Waals surface area contributed by atoms with Crippen molar-refractivity contribution in [1.82, 2.24) is 0 Å². The van der Waals surface area contributed by atoms with E-state index < -0.39 is 11.9 Å². The summed E-state index contributed by atoms with van der Waals surface area (Å²) in [5.41, 5.74) is 4.95. The van der Waals surface area contributed by atoms with Crippen molar-refractivity contribution >= 4 is 11.9 Å². The van der Waals surface area contributed by atoms with Crippen molar-refractivity contribution in [2.45, 2.75) is 32.6 Å². The summed E-state index contributed by atoms with van der Waals surface area (Å²) in [6.07, 6.45) is 4.15. The molecule has 0 aliphatic rings. The number of carbonyl (C=O) groups is 2. The number of rotatable bonds is 6. The summed E-state index contributed by atoms with van der Waals surface area (Å²) in [6, 6.07) is 0. The fraction of sp³-hybridized carbons (Fsp3) is 0.556. The van der Waals surface area contributed by atoms with Gasteiger partial charge >= 0.3 is 5.97 Å². The average molecular weight is 185 g/mol. The molecule has 0 radical (unpaired) electrons. The van der Waals surface area contributed by atoms with E-state index in [4.69, 9.17) is 10.8 Å². The maximum Gasteiger partial charge on any atom is 0.331 e. The van der Waals surface area contributed by atoms with Gasteiger partial charge in [-0.3, -0.25) is 4.79 Å². The third kappa shape index (κ3) is 5.90. The molecule has 0 saturated heterocycles. The van der Waals surface area contributed by atoms with E-state index in [9.17, 15) is 9.59 Å². The van der Waals surface area contributed by atoms with E-state index in [2.05, 4.69) is 0 Å². The molecule has 0 saturated carbocycles. The number of primary amides is 1. The van der Waals surface area contributed by atoms with Gasteiger partial charge in [0.05, 0.1) is 0 Å². The predicted molar refractivity (Wildman–Crippen MR) is 49.1 cm³/mol. The molecule has 0 bridgehead atoms. The average Bonchev–Trinajstić information content (AvgIpc) is 2.02. The van der Waals surface area contributed by atoms with Crippen molar-refractivity contribution in [2.75, 3.05) is 0 Å². The van der Waals surface area contributed by atoms with Crippen molar-refractivity contribution in [1.29, 1.82) is 0 Å². The predicted octanol–water partition coefficient (Wildman–Crippen LogP) is 1.06. The van der Waals surface area contributed by atoms with Crippen LogP contribution in [0.25, 0.3) is 0 Å². The first-order valence-corrected chi connectivity index (χ1v) is 4.31. The lowest BCUT2D eigenvalue weighted by atomic mass is 10.1. The zero-order chi connectivity index (χ0) is 10.3. The van der Waals surface area contributed by atoms with Crippen LogP contribution >= 0.6 is 0 Å². The first-order chi connectivity index (χ1) is 6.07. The van der Waals surface area contributed by atoms with Gasteiger partial charge in [0.15, 0.2) is 0 Å². The molecular weight excluding hydrogens is 170 g/mol. The van der Waals surface area contributed by atoms with Gasteiger partial charge in [-0.15, -0.1) is 0 Å². The van der Waals surface area contributed by atoms with E-state index in [1.165, 1.54) is 0 Å². The standard InChI is InChI=1S/C9H15NO3/c1-2-3-4-5-7(9(12)13)6-8(10)11/h6H,2-5H2,1H3,(H2,10,11)(H,12,13)/b7-6-. The molecule has 0 heterocycles. The first-order valence-electron chi connectivity index (χ1n) is 4.31. The van der Waals surface area contributed by atoms with Gasteiger partial charge in [-0.05, 0) is 12.8 Å². The van der Waals surface area contributed by atoms with E-state index in [0.717, 1.165) is 25.3 Å². The number of aliphatic carboxylic acids is 1. The molecule has 4 nitrogen and oxygen atoms in total. The number of unbranched alkanes of at least 4 members (excludes halogenated alkanes) is 2. The van der Waals surface area contributed by atoms with Crippen LogP contribution in [0.5, 0.6) is 0 Å². The molecule has 0 atom stereocenters. The number of carboxylic acids is 1. The van der Waals surface area contributed by atoms with Gasteiger partial charge in [0.25, 0.3) is 0 Å². The lowest BCUT2D eigenvalue weighted by Crippen LogP contribution is -2.11. The molecule has 0 aliphatic carbocycles. The lowest BCUT2D eigenvalue weighted by molar-refractivity contribution is -0.133. The van der Waals surface area contributed by atoms with E-state index >= 15 is 0 Å². The van der Waals surface area contributed by atoms with Crippen LogP contribution in [-0.2, 0) is 9.59 Å². The van der Waals surface area contributed by atoms with E-state index in [-0.39, 0.29) is 5.57 Å². The summed E-state index contributed by atoms with van der Waals surface area (Å²) in [6.45, 7) is 2.03. The van der Waals surface area contributed by atoms with Gasteiger partial charge in [-0.25, -0.2) is 4.79 Å². The van der Waals surface area contributed by atoms with Crippen LogP contribution in [0, 0.1) is 0 Å². The number of hydrogen-bond donors (Lipinski definition) is 2. The van der Waals surface area contributed by atoms with Crippen molar-refractivity contribution in [3.8, 4) is 0 Å². The Morgan fingerprint density at radius 1 is 1.38 bits per heavy atom. The molecule has 13 heavy (non-hydrogen) atoms. The van der Waals surface area contributed by atoms with Gasteiger partial charge < -0.3 is 10.8 Å². The Hall–Kier alpha value is -1.32. The normalized spacial score (nSPS) is 11.3. The zero-order valence-electron chi connectivity index (χ0n) is 7.75. The highest BCUT2D eigenvalue weighted by Gasteiger charge is 2.07. The zero-order valence-corrected chi connectivity index (χ0v) is 7.75. The second kappa shape index (κ2) is 6.22. The number of carbonyl (C=O) groups excluding carboxylic acids is 1. The molecular formula is C9H15NO3. The molecule has 0 unspecified atom stereocenters. The first kappa shape index (κ1) is 11.7. The van der Waals surface area contributed by atoms with Crippen LogP contribution in [0.1, 0.15) is 32.6 Å². The Bertz CT molecular complexity index is 221. The quantitative estimate of drug-likeness (QED) is 0.479. The minimum Gasteiger partial charge on any atom is -0.478 e. The SMILES string of the molecule is CCCCC/C(=C/C(N)=O)C(=O)O. The number of hydrogen-bond acceptors (Lipinski definition) is 2. The maximum atomic E-state index is 10.6. The molecule has 0 spiro atoms. The summed E-state index contributed by atoms with van der Waals surface area (Å²) >= 11 is 0. The molecule has 0 aliphatic heterocycles. The van der Waals surface area contributed by atoms with Gasteiger partial charge in [0.2, 0.25) is 5.91 Å². The number of amides is 1. The molecule has 4 heteroatoms. The van der Waals surface area contributed by atoms with Gasteiger partial charge in [0.1, 0.15) is 0 Å². The highest BCUT2D eigenvalue weighted by molar-refractivity contribution is 5.96. The molecule has 0 fully saturated rings. The lowest BCUT2D eigenvalue weighted by Gasteiger charge is -1.99. The maximum absolute atomic E-state index is 10.6. The second-order valence-electron chi connectivity index (χ2n) is 2.83. The van der Waals surface area contributed by atoms with Crippen molar-refractivity contribution in [2.24, 2.45) is 5.73 Å². The molecule has 74 valence electrons. The summed E-state index contributed by atoms with van der Waals surface area (Å²) < 4.78 is 0. The topological polar surface area (TPSA) is 80.4 Å². The van der Waals surface area contributed by atoms with E-state index in [0.29, 0.717) is 6.42 Å². The largest absolute Gasteiger partial charge is 0.478 e. The van der Waals surface area contributed by atoms with Gasteiger partial charge in [-0.2, -0.15) is 0 Å². The smallest absolute Gasteiger partial charge is 0.331 e. The number of nitrogens with two attached hydrogens (primary N) is 1. The highest BCUT2D eigenvalue weighted by Crippen LogP contribution is 2.08. The van der Waals surface area contributed by atoms with Crippen LogP contribution in [0.4, 0.5) is 0 Å². The van der Waals surface area contributed by atoms with E-state index in [1.807, 2.05) is 6.92 Å². The second-order valence-corrected chi connectivity index (χ2v) is 2.83. The molecule has 3 N–H and O–H groups in total. The molecule has 1 amide bonds. The Balaban J connectivity index is 4.11. The summed E-state index contributed by atoms with van der Waals surface area (Å²) in [4.78, 5) is 21.0. The summed E-state index contributed by atoms with van der Waals surface area (Å²) in [5.74, 6) is -1.76. The fourth-order valence-corrected chi connectivity index (χ4v) is 0.978. The van der Waals surface area contributed by atoms with Gasteiger partial charge in [0, 0.05) is 11.6 Å². The van der Waals surface area contributed by atoms with Crippen molar-refractivity contribution in [3.05, 3.63) is 11.6 Å². The van der Waals surface area contributed by atoms with Crippen LogP contribution < -0.4 is 5.73 Å². The van der Waals surface area contributed by atoms with Crippen LogP contribution in [0.3, 0.4) is 0 Å². The van der Waals surface area contributed by atoms with Crippen molar-refractivity contribution in [3.63, 3.8) is 0 Å². The Morgan fingerprint density at radius 2 is 2.00 bits per heavy atom. The van der Waals surface area contributed by atoms with E-state index in [1.54, 1.807) is 0 Å². The minimum atomic E-state index is -1.06. The monoisotopic (exact) mass is 185 g/mol. The summed E-state index contributed by atoms with van der Waals surface area (Å²) in [7, 11) is 0. The number of carboxylic acid groups (broad SMARTS) is 1. The molecule has 0 aromatic heterocycles. The molecule has 0 aromatic rings. The highest BCUT2D eigenvalue weighted by atomic mass is 16.4. The van der Waals surface area contributed by atoms with Crippen LogP contribution in [0.15, 0.2) is 11.6 Å². The third-order valence-corrected chi connectivity index (χ3v) is 1.64. The molecule has 0 aromatic carbocycles. The summed E-state index contributed by atoms with van der Waals surface area (Å²) in [5, 5.41) is 8.65. The minimum absolute atomic E-state index is 0.0981. The van der Waals surface area contributed by atoms with Crippen LogP contribution in [-0.4, -0.2) is 17.0 Å². The Kier molecular flexibility index (Phi) is 5.59. The van der Waals surface area contributed by atoms with Gasteiger partial charge in [-0.1, -0.05) is 19.8 Å². The third-order valence-electron chi connectivity index (χ3n) is 1.64. The van der Waals surface area contributed by atoms with Crippen LogP contribution in [0.2, 0.25) is 0 Å². The fourth-order valence-electron chi connectivity index (χ4n) is 0.978. The Morgan fingerprint density at radius 3 is 2.38 bits per heavy atom.